The number of benzene rings is 1. The number of aromatic nitrogens is 3. The lowest BCUT2D eigenvalue weighted by Crippen LogP contribution is -2.14. The van der Waals surface area contributed by atoms with Gasteiger partial charge in [-0.1, -0.05) is 28.1 Å². The molecular formula is C12H15BrN6O. The number of hydrogen-bond donors (Lipinski definition) is 3. The fourth-order valence-corrected chi connectivity index (χ4v) is 1.97. The highest BCUT2D eigenvalue weighted by Crippen LogP contribution is 2.14. The van der Waals surface area contributed by atoms with Gasteiger partial charge in [-0.2, -0.15) is 15.0 Å². The molecule has 20 heavy (non-hydrogen) atoms. The molecule has 8 heteroatoms. The van der Waals surface area contributed by atoms with E-state index in [4.69, 9.17) is 10.6 Å². The number of rotatable bonds is 6. The summed E-state index contributed by atoms with van der Waals surface area (Å²) >= 11 is 3.43. The molecule has 0 spiro atoms. The van der Waals surface area contributed by atoms with E-state index in [1.807, 2.05) is 31.2 Å². The fraction of sp³-hybridized carbons (Fsp3) is 0.250. The number of nitrogens with two attached hydrogens (primary N) is 1. The van der Waals surface area contributed by atoms with Gasteiger partial charge < -0.3 is 10.1 Å². The summed E-state index contributed by atoms with van der Waals surface area (Å²) in [5.41, 5.74) is 3.48. The number of nitrogen functional groups attached to an aromatic ring is 1. The lowest BCUT2D eigenvalue weighted by atomic mass is 10.2. The summed E-state index contributed by atoms with van der Waals surface area (Å²) in [5.74, 6) is 5.97. The van der Waals surface area contributed by atoms with Crippen LogP contribution in [0.15, 0.2) is 28.7 Å². The van der Waals surface area contributed by atoms with Crippen molar-refractivity contribution in [3.05, 3.63) is 34.3 Å². The van der Waals surface area contributed by atoms with E-state index < -0.39 is 0 Å². The third-order valence-electron chi connectivity index (χ3n) is 2.36. The highest BCUT2D eigenvalue weighted by Gasteiger charge is 2.06. The van der Waals surface area contributed by atoms with Gasteiger partial charge in [0.15, 0.2) is 0 Å². The van der Waals surface area contributed by atoms with Crippen LogP contribution in [0.1, 0.15) is 12.5 Å². The van der Waals surface area contributed by atoms with Crippen LogP contribution in [0.3, 0.4) is 0 Å². The van der Waals surface area contributed by atoms with Crippen molar-refractivity contribution in [2.24, 2.45) is 5.84 Å². The van der Waals surface area contributed by atoms with Gasteiger partial charge in [-0.3, -0.25) is 5.43 Å². The van der Waals surface area contributed by atoms with E-state index >= 15 is 0 Å². The van der Waals surface area contributed by atoms with Gasteiger partial charge in [-0.15, -0.1) is 0 Å². The maximum Gasteiger partial charge on any atom is 0.323 e. The van der Waals surface area contributed by atoms with Gasteiger partial charge >= 0.3 is 6.01 Å². The maximum atomic E-state index is 5.32. The van der Waals surface area contributed by atoms with Crippen molar-refractivity contribution in [3.8, 4) is 6.01 Å². The second kappa shape index (κ2) is 7.01. The molecule has 106 valence electrons. The zero-order valence-electron chi connectivity index (χ0n) is 10.9. The van der Waals surface area contributed by atoms with E-state index in [-0.39, 0.29) is 12.0 Å². The van der Waals surface area contributed by atoms with Gasteiger partial charge in [-0.25, -0.2) is 5.84 Å². The second-order valence-corrected chi connectivity index (χ2v) is 4.74. The van der Waals surface area contributed by atoms with Crippen molar-refractivity contribution in [2.45, 2.75) is 13.5 Å². The van der Waals surface area contributed by atoms with Gasteiger partial charge in [0.25, 0.3) is 0 Å². The van der Waals surface area contributed by atoms with Gasteiger partial charge in [0.05, 0.1) is 6.61 Å². The predicted octanol–water partition coefficient (Wildman–Crippen LogP) is 1.93. The lowest BCUT2D eigenvalue weighted by Gasteiger charge is -2.08. The lowest BCUT2D eigenvalue weighted by molar-refractivity contribution is 0.312. The summed E-state index contributed by atoms with van der Waals surface area (Å²) in [4.78, 5) is 12.2. The van der Waals surface area contributed by atoms with Gasteiger partial charge in [0.2, 0.25) is 11.9 Å². The highest BCUT2D eigenvalue weighted by molar-refractivity contribution is 9.10. The summed E-state index contributed by atoms with van der Waals surface area (Å²) in [6, 6.07) is 8.18. The van der Waals surface area contributed by atoms with Crippen molar-refractivity contribution < 1.29 is 4.74 Å². The number of hydrazine groups is 1. The second-order valence-electron chi connectivity index (χ2n) is 3.83. The molecule has 0 aliphatic carbocycles. The first-order valence-corrected chi connectivity index (χ1v) is 6.84. The summed E-state index contributed by atoms with van der Waals surface area (Å²) < 4.78 is 6.28. The van der Waals surface area contributed by atoms with Crippen molar-refractivity contribution in [1.29, 1.82) is 0 Å². The van der Waals surface area contributed by atoms with Crippen molar-refractivity contribution >= 4 is 27.8 Å². The number of nitrogens with one attached hydrogen (secondary N) is 2. The molecule has 4 N–H and O–H groups in total. The topological polar surface area (TPSA) is 98.0 Å². The molecule has 0 amide bonds. The summed E-state index contributed by atoms with van der Waals surface area (Å²) in [6.45, 7) is 2.91. The molecule has 0 aliphatic rings. The Morgan fingerprint density at radius 3 is 2.75 bits per heavy atom. The van der Waals surface area contributed by atoms with Crippen LogP contribution in [0, 0.1) is 0 Å². The molecule has 0 bridgehead atoms. The summed E-state index contributed by atoms with van der Waals surface area (Å²) in [5, 5.41) is 3.10. The Balaban J connectivity index is 2.10. The number of nitrogens with zero attached hydrogens (tertiary/aromatic N) is 3. The third-order valence-corrected chi connectivity index (χ3v) is 2.85. The first kappa shape index (κ1) is 14.5. The SMILES string of the molecule is CCOc1nc(NN)nc(NCc2cccc(Br)c2)n1. The Morgan fingerprint density at radius 1 is 1.25 bits per heavy atom. The first-order valence-electron chi connectivity index (χ1n) is 6.05. The zero-order chi connectivity index (χ0) is 14.4. The standard InChI is InChI=1S/C12H15BrN6O/c1-2-20-12-17-10(16-11(18-12)19-14)15-7-8-4-3-5-9(13)6-8/h3-6H,2,7,14H2,1H3,(H2,15,16,17,18,19). The summed E-state index contributed by atoms with van der Waals surface area (Å²) in [6.07, 6.45) is 0. The van der Waals surface area contributed by atoms with Crippen LogP contribution in [-0.2, 0) is 6.54 Å². The molecule has 0 unspecified atom stereocenters. The van der Waals surface area contributed by atoms with Crippen LogP contribution < -0.4 is 21.3 Å². The molecule has 2 rings (SSSR count). The molecule has 0 aliphatic heterocycles. The average Bonchev–Trinajstić information content (AvgIpc) is 2.45. The van der Waals surface area contributed by atoms with Crippen molar-refractivity contribution in [2.75, 3.05) is 17.3 Å². The van der Waals surface area contributed by atoms with E-state index in [0.29, 0.717) is 19.1 Å². The monoisotopic (exact) mass is 338 g/mol. The van der Waals surface area contributed by atoms with E-state index in [9.17, 15) is 0 Å². The van der Waals surface area contributed by atoms with Crippen LogP contribution in [0.2, 0.25) is 0 Å². The Hall–Kier alpha value is -1.93. The minimum Gasteiger partial charge on any atom is -0.464 e. The van der Waals surface area contributed by atoms with Crippen LogP contribution in [0.5, 0.6) is 6.01 Å². The van der Waals surface area contributed by atoms with E-state index in [0.717, 1.165) is 10.0 Å². The van der Waals surface area contributed by atoms with E-state index in [1.165, 1.54) is 0 Å². The molecule has 0 atom stereocenters. The minimum atomic E-state index is 0.229. The Kier molecular flexibility index (Phi) is 5.08. The quantitative estimate of drug-likeness (QED) is 0.546. The zero-order valence-corrected chi connectivity index (χ0v) is 12.5. The molecule has 0 fully saturated rings. The molecular weight excluding hydrogens is 324 g/mol. The van der Waals surface area contributed by atoms with Gasteiger partial charge in [0, 0.05) is 11.0 Å². The average molecular weight is 339 g/mol. The number of ether oxygens (including phenoxy) is 1. The van der Waals surface area contributed by atoms with Crippen LogP contribution in [0.25, 0.3) is 0 Å². The van der Waals surface area contributed by atoms with Crippen molar-refractivity contribution in [3.63, 3.8) is 0 Å². The smallest absolute Gasteiger partial charge is 0.323 e. The number of anilines is 2. The first-order chi connectivity index (χ1) is 9.71. The number of hydrogen-bond acceptors (Lipinski definition) is 7. The molecule has 1 aromatic heterocycles. The van der Waals surface area contributed by atoms with Crippen LogP contribution in [-0.4, -0.2) is 21.6 Å². The molecule has 0 radical (unpaired) electrons. The normalized spacial score (nSPS) is 10.2. The Bertz CT molecular complexity index is 580. The maximum absolute atomic E-state index is 5.32. The van der Waals surface area contributed by atoms with Crippen LogP contribution in [0.4, 0.5) is 11.9 Å². The highest BCUT2D eigenvalue weighted by atomic mass is 79.9. The van der Waals surface area contributed by atoms with Gasteiger partial charge in [0.1, 0.15) is 0 Å². The Labute approximate surface area is 125 Å². The molecule has 1 aromatic carbocycles. The van der Waals surface area contributed by atoms with E-state index in [1.54, 1.807) is 0 Å². The molecule has 2 aromatic rings. The summed E-state index contributed by atoms with van der Waals surface area (Å²) in [7, 11) is 0. The molecule has 7 nitrogen and oxygen atoms in total. The molecule has 0 saturated carbocycles. The van der Waals surface area contributed by atoms with E-state index in [2.05, 4.69) is 41.6 Å². The van der Waals surface area contributed by atoms with Gasteiger partial charge in [-0.05, 0) is 24.6 Å². The predicted molar refractivity (Wildman–Crippen MR) is 80.3 cm³/mol. The largest absolute Gasteiger partial charge is 0.464 e. The third kappa shape index (κ3) is 4.04. The fourth-order valence-electron chi connectivity index (χ4n) is 1.52. The minimum absolute atomic E-state index is 0.229. The Morgan fingerprint density at radius 2 is 2.05 bits per heavy atom. The number of halogens is 1. The molecule has 1 heterocycles. The molecule has 0 saturated heterocycles. The van der Waals surface area contributed by atoms with Crippen molar-refractivity contribution in [1.82, 2.24) is 15.0 Å². The van der Waals surface area contributed by atoms with Crippen LogP contribution >= 0.6 is 15.9 Å².